The van der Waals surface area contributed by atoms with Crippen LogP contribution in [0.25, 0.3) is 33.6 Å². The Balaban J connectivity index is 1.08. The van der Waals surface area contributed by atoms with Gasteiger partial charge in [0.2, 0.25) is 11.8 Å². The van der Waals surface area contributed by atoms with E-state index in [9.17, 15) is 24.3 Å². The summed E-state index contributed by atoms with van der Waals surface area (Å²) in [6, 6.07) is 14.4. The van der Waals surface area contributed by atoms with E-state index in [1.165, 1.54) is 14.2 Å². The molecule has 16 heteroatoms. The quantitative estimate of drug-likeness (QED) is 0.111. The number of alkyl carbamates (subject to hydrolysis) is 1. The second-order valence-corrected chi connectivity index (χ2v) is 16.8. The van der Waals surface area contributed by atoms with Crippen LogP contribution < -0.4 is 5.32 Å². The van der Waals surface area contributed by atoms with Gasteiger partial charge in [-0.1, -0.05) is 76.2 Å². The van der Waals surface area contributed by atoms with Gasteiger partial charge in [0.05, 0.1) is 49.5 Å². The van der Waals surface area contributed by atoms with Crippen molar-refractivity contribution in [3.05, 3.63) is 72.1 Å². The third-order valence-corrected chi connectivity index (χ3v) is 12.0. The Hall–Kier alpha value is -5.74. The molecule has 0 bridgehead atoms. The zero-order valence-electron chi connectivity index (χ0n) is 35.8. The monoisotopic (exact) mass is 838 g/mol. The SMILES string of the molecule is COC(=O)N[C@H](C(=O)N1CCC[C@H]1c1nc(-c2ccc(-c3ccc(-c4[nH]c([C@@H]5CCCN5C(=O)[C@H](C(C)C)N(C)C(=O)O)nc4CC4OCCCO4)cc3)cc2)c[nH]1)C(C)C. The number of likely N-dealkylation sites (N-methyl/N-ethyl adjacent to an activating group) is 1. The van der Waals surface area contributed by atoms with E-state index in [-0.39, 0.29) is 35.7 Å². The molecule has 7 rings (SSSR count). The predicted molar refractivity (Wildman–Crippen MR) is 227 cm³/mol. The van der Waals surface area contributed by atoms with E-state index < -0.39 is 30.6 Å². The number of nitrogens with one attached hydrogen (secondary N) is 3. The van der Waals surface area contributed by atoms with Crippen LogP contribution in [-0.4, -0.2) is 123 Å². The highest BCUT2D eigenvalue weighted by Crippen LogP contribution is 2.37. The highest BCUT2D eigenvalue weighted by molar-refractivity contribution is 5.87. The molecule has 0 radical (unpaired) electrons. The summed E-state index contributed by atoms with van der Waals surface area (Å²) in [5.41, 5.74) is 6.28. The number of nitrogens with zero attached hydrogens (tertiary/aromatic N) is 5. The molecule has 16 nitrogen and oxygen atoms in total. The number of carboxylic acid groups (broad SMARTS) is 1. The third-order valence-electron chi connectivity index (χ3n) is 12.0. The van der Waals surface area contributed by atoms with Crippen molar-refractivity contribution in [1.82, 2.24) is 40.0 Å². The van der Waals surface area contributed by atoms with Crippen LogP contribution in [0.15, 0.2) is 54.7 Å². The van der Waals surface area contributed by atoms with Gasteiger partial charge in [-0.25, -0.2) is 19.6 Å². The predicted octanol–water partition coefficient (Wildman–Crippen LogP) is 6.78. The van der Waals surface area contributed by atoms with E-state index in [4.69, 9.17) is 24.2 Å². The Labute approximate surface area is 356 Å². The molecule has 3 aliphatic rings. The van der Waals surface area contributed by atoms with E-state index in [2.05, 4.69) is 51.7 Å². The molecular formula is C45H58N8O8. The standard InChI is InChI=1S/C45H58N8O8/c1-26(2)37(50-44(56)59-6)42(54)52-20-7-10-34(52)40-46-25-33(48-40)30-16-12-28(13-17-30)29-14-18-31(19-15-29)38-32(24-36-60-22-9-23-61-36)47-41(49-38)35-11-8-21-53(35)43(55)39(27(3)4)51(5)45(57)58/h12-19,25-27,34-37,39H,7-11,20-24H2,1-6H3,(H,46,48)(H,47,49)(H,50,56)(H,57,58)/t34-,35-,37-,39-/m0/s1. The van der Waals surface area contributed by atoms with Crippen LogP contribution in [0, 0.1) is 11.8 Å². The molecular weight excluding hydrogens is 781 g/mol. The lowest BCUT2D eigenvalue weighted by Gasteiger charge is -2.33. The zero-order chi connectivity index (χ0) is 43.4. The largest absolute Gasteiger partial charge is 0.465 e. The average molecular weight is 839 g/mol. The number of H-pyrrole nitrogens is 2. The number of benzene rings is 2. The molecule has 0 unspecified atom stereocenters. The molecule has 4 amide bonds. The number of ether oxygens (including phenoxy) is 3. The fourth-order valence-electron chi connectivity index (χ4n) is 8.80. The topological polar surface area (TPSA) is 195 Å². The number of aromatic nitrogens is 4. The summed E-state index contributed by atoms with van der Waals surface area (Å²) in [5, 5.41) is 12.4. The lowest BCUT2D eigenvalue weighted by molar-refractivity contribution is -0.177. The molecule has 3 saturated heterocycles. The first-order chi connectivity index (χ1) is 29.3. The highest BCUT2D eigenvalue weighted by Gasteiger charge is 2.41. The van der Waals surface area contributed by atoms with Crippen LogP contribution in [0.4, 0.5) is 9.59 Å². The van der Waals surface area contributed by atoms with Crippen LogP contribution >= 0.6 is 0 Å². The van der Waals surface area contributed by atoms with E-state index in [0.717, 1.165) is 69.9 Å². The number of aromatic amines is 2. The number of hydrogen-bond acceptors (Lipinski definition) is 9. The zero-order valence-corrected chi connectivity index (χ0v) is 35.8. The maximum absolute atomic E-state index is 13.9. The molecule has 2 aromatic carbocycles. The Bertz CT molecular complexity index is 2160. The van der Waals surface area contributed by atoms with E-state index in [1.54, 1.807) is 9.80 Å². The summed E-state index contributed by atoms with van der Waals surface area (Å²) in [6.07, 6.45) is 4.02. The van der Waals surface area contributed by atoms with Crippen molar-refractivity contribution in [3.8, 4) is 33.6 Å². The van der Waals surface area contributed by atoms with Crippen molar-refractivity contribution in [3.63, 3.8) is 0 Å². The normalized spacial score (nSPS) is 19.3. The minimum atomic E-state index is -1.14. The first kappa shape index (κ1) is 43.4. The smallest absolute Gasteiger partial charge is 0.407 e. The van der Waals surface area contributed by atoms with Gasteiger partial charge >= 0.3 is 12.2 Å². The van der Waals surface area contributed by atoms with Gasteiger partial charge in [0, 0.05) is 38.3 Å². The maximum atomic E-state index is 13.9. The summed E-state index contributed by atoms with van der Waals surface area (Å²) in [6.45, 7) is 9.84. The molecule has 326 valence electrons. The molecule has 5 heterocycles. The van der Waals surface area contributed by atoms with E-state index in [1.807, 2.05) is 46.0 Å². The van der Waals surface area contributed by atoms with Gasteiger partial charge in [0.1, 0.15) is 23.7 Å². The van der Waals surface area contributed by atoms with Gasteiger partial charge in [-0.2, -0.15) is 0 Å². The van der Waals surface area contributed by atoms with Crippen molar-refractivity contribution in [2.75, 3.05) is 40.5 Å². The number of amides is 4. The van der Waals surface area contributed by atoms with Crippen LogP contribution in [0.5, 0.6) is 0 Å². The highest BCUT2D eigenvalue weighted by atomic mass is 16.7. The van der Waals surface area contributed by atoms with Gasteiger partial charge in [0.15, 0.2) is 6.29 Å². The van der Waals surface area contributed by atoms with Gasteiger partial charge in [-0.3, -0.25) is 14.5 Å². The molecule has 2 aromatic heterocycles. The third kappa shape index (κ3) is 9.44. The van der Waals surface area contributed by atoms with Crippen LogP contribution in [0.3, 0.4) is 0 Å². The van der Waals surface area contributed by atoms with Gasteiger partial charge in [-0.15, -0.1) is 0 Å². The van der Waals surface area contributed by atoms with Gasteiger partial charge < -0.3 is 44.4 Å². The Morgan fingerprint density at radius 1 is 0.820 bits per heavy atom. The number of carbonyl (C=O) groups is 4. The Morgan fingerprint density at radius 2 is 1.39 bits per heavy atom. The fourth-order valence-corrected chi connectivity index (χ4v) is 8.80. The minimum Gasteiger partial charge on any atom is -0.465 e. The Morgan fingerprint density at radius 3 is 1.97 bits per heavy atom. The molecule has 4 N–H and O–H groups in total. The molecule has 4 aromatic rings. The van der Waals surface area contributed by atoms with Crippen LogP contribution in [-0.2, 0) is 30.2 Å². The maximum Gasteiger partial charge on any atom is 0.407 e. The summed E-state index contributed by atoms with van der Waals surface area (Å²) >= 11 is 0. The number of carbonyl (C=O) groups excluding carboxylic acids is 3. The van der Waals surface area contributed by atoms with Crippen molar-refractivity contribution in [2.45, 2.75) is 96.7 Å². The summed E-state index contributed by atoms with van der Waals surface area (Å²) < 4.78 is 16.6. The molecule has 0 aliphatic carbocycles. The molecule has 0 saturated carbocycles. The number of imidazole rings is 2. The van der Waals surface area contributed by atoms with Crippen molar-refractivity contribution in [2.24, 2.45) is 11.8 Å². The first-order valence-electron chi connectivity index (χ1n) is 21.3. The van der Waals surface area contributed by atoms with Crippen molar-refractivity contribution < 1.29 is 38.5 Å². The first-order valence-corrected chi connectivity index (χ1v) is 21.3. The molecule has 3 fully saturated rings. The van der Waals surface area contributed by atoms with Crippen molar-refractivity contribution >= 4 is 24.0 Å². The molecule has 61 heavy (non-hydrogen) atoms. The van der Waals surface area contributed by atoms with Crippen molar-refractivity contribution in [1.29, 1.82) is 0 Å². The molecule has 4 atom stereocenters. The molecule has 3 aliphatic heterocycles. The second-order valence-electron chi connectivity index (χ2n) is 16.8. The number of hydrogen-bond donors (Lipinski definition) is 4. The van der Waals surface area contributed by atoms with Crippen LogP contribution in [0.2, 0.25) is 0 Å². The number of methoxy groups -OCH3 is 1. The number of likely N-dealkylation sites (tertiary alicyclic amines) is 2. The lowest BCUT2D eigenvalue weighted by atomic mass is 10.00. The second kappa shape index (κ2) is 18.9. The molecule has 0 spiro atoms. The average Bonchev–Trinajstić information content (AvgIpc) is 4.10. The van der Waals surface area contributed by atoms with Gasteiger partial charge in [-0.05, 0) is 60.6 Å². The number of rotatable bonds is 13. The summed E-state index contributed by atoms with van der Waals surface area (Å²) in [7, 11) is 2.74. The summed E-state index contributed by atoms with van der Waals surface area (Å²) in [5.74, 6) is 0.677. The fraction of sp³-hybridized carbons (Fsp3) is 0.511. The van der Waals surface area contributed by atoms with Crippen LogP contribution in [0.1, 0.15) is 89.2 Å². The Kier molecular flexibility index (Phi) is 13.4. The van der Waals surface area contributed by atoms with E-state index >= 15 is 0 Å². The van der Waals surface area contributed by atoms with Gasteiger partial charge in [0.25, 0.3) is 0 Å². The van der Waals surface area contributed by atoms with E-state index in [0.29, 0.717) is 50.8 Å². The summed E-state index contributed by atoms with van der Waals surface area (Å²) in [4.78, 5) is 73.0. The lowest BCUT2D eigenvalue weighted by Crippen LogP contribution is -2.51. The minimum absolute atomic E-state index is 0.117.